The smallest absolute Gasteiger partial charge is 0.225 e. The van der Waals surface area contributed by atoms with Crippen molar-refractivity contribution in [2.24, 2.45) is 0 Å². The van der Waals surface area contributed by atoms with Gasteiger partial charge in [-0.2, -0.15) is 0 Å². The third-order valence-electron chi connectivity index (χ3n) is 6.85. The number of piperidine rings is 2. The van der Waals surface area contributed by atoms with Crippen LogP contribution in [-0.2, 0) is 0 Å². The summed E-state index contributed by atoms with van der Waals surface area (Å²) in [6.45, 7) is 35.4. The van der Waals surface area contributed by atoms with Crippen molar-refractivity contribution in [3.8, 4) is 0 Å². The number of nitrogens with zero attached hydrogens (tertiary/aromatic N) is 7. The summed E-state index contributed by atoms with van der Waals surface area (Å²) in [4.78, 5) is 24.4. The van der Waals surface area contributed by atoms with Crippen molar-refractivity contribution in [3.05, 3.63) is 36.7 Å². The van der Waals surface area contributed by atoms with Crippen LogP contribution in [0.3, 0.4) is 0 Å². The van der Waals surface area contributed by atoms with Gasteiger partial charge in [-0.15, -0.1) is 0 Å². The minimum Gasteiger partial charge on any atom is -0.383 e. The number of hydrogen-bond donors (Lipinski definition) is 1. The van der Waals surface area contributed by atoms with Crippen molar-refractivity contribution in [3.63, 3.8) is 0 Å². The SMILES string of the molecule is CC.CC.CC.CC.CC.CCC.CCN(c1ncccn1)C1CCN(C)CC1.CCNc1cnc(C2CC2)nc1.CN1CCCCC1. The molecule has 4 heterocycles. The van der Waals surface area contributed by atoms with Crippen LogP contribution in [0.1, 0.15) is 160 Å². The van der Waals surface area contributed by atoms with E-state index in [0.717, 1.165) is 30.5 Å². The van der Waals surface area contributed by atoms with E-state index in [9.17, 15) is 0 Å². The van der Waals surface area contributed by atoms with Gasteiger partial charge in [-0.3, -0.25) is 0 Å². The number of rotatable bonds is 6. The van der Waals surface area contributed by atoms with E-state index in [1.165, 1.54) is 77.5 Å². The summed E-state index contributed by atoms with van der Waals surface area (Å²) in [6, 6.07) is 2.47. The van der Waals surface area contributed by atoms with E-state index in [0.29, 0.717) is 12.0 Å². The van der Waals surface area contributed by atoms with Crippen LogP contribution in [-0.4, -0.2) is 89.1 Å². The van der Waals surface area contributed by atoms with Crippen molar-refractivity contribution < 1.29 is 0 Å². The van der Waals surface area contributed by atoms with Gasteiger partial charge in [0.15, 0.2) is 0 Å². The van der Waals surface area contributed by atoms with E-state index in [4.69, 9.17) is 0 Å². The molecule has 2 aromatic heterocycles. The van der Waals surface area contributed by atoms with Gasteiger partial charge in [0, 0.05) is 37.4 Å². The molecular formula is C40H84N8. The van der Waals surface area contributed by atoms with Gasteiger partial charge in [0.1, 0.15) is 5.82 Å². The molecule has 0 radical (unpaired) electrons. The summed E-state index contributed by atoms with van der Waals surface area (Å²) >= 11 is 0. The molecular weight excluding hydrogens is 592 g/mol. The lowest BCUT2D eigenvalue weighted by molar-refractivity contribution is 0.249. The molecule has 5 rings (SSSR count). The molecule has 2 saturated heterocycles. The number of nitrogens with one attached hydrogen (secondary N) is 1. The Bertz CT molecular complexity index is 817. The monoisotopic (exact) mass is 677 g/mol. The van der Waals surface area contributed by atoms with Gasteiger partial charge in [-0.25, -0.2) is 19.9 Å². The zero-order valence-corrected chi connectivity index (χ0v) is 35.1. The van der Waals surface area contributed by atoms with Gasteiger partial charge >= 0.3 is 0 Å². The van der Waals surface area contributed by atoms with Crippen molar-refractivity contribution in [2.45, 2.75) is 160 Å². The number of aromatic nitrogens is 4. The van der Waals surface area contributed by atoms with Gasteiger partial charge in [-0.1, -0.05) is 95.9 Å². The van der Waals surface area contributed by atoms with Crippen LogP contribution in [0.2, 0.25) is 0 Å². The molecule has 2 aromatic rings. The Morgan fingerprint density at radius 2 is 1.08 bits per heavy atom. The van der Waals surface area contributed by atoms with E-state index in [-0.39, 0.29) is 0 Å². The summed E-state index contributed by atoms with van der Waals surface area (Å²) in [7, 11) is 4.38. The first-order valence-corrected chi connectivity index (χ1v) is 20.0. The average Bonchev–Trinajstić information content (AvgIpc) is 4.02. The van der Waals surface area contributed by atoms with E-state index >= 15 is 0 Å². The van der Waals surface area contributed by atoms with Crippen LogP contribution in [0.25, 0.3) is 0 Å². The fourth-order valence-electron chi connectivity index (χ4n) is 4.55. The maximum atomic E-state index is 4.35. The first-order chi connectivity index (χ1) is 23.5. The third-order valence-corrected chi connectivity index (χ3v) is 6.85. The topological polar surface area (TPSA) is 73.3 Å². The lowest BCUT2D eigenvalue weighted by Gasteiger charge is -2.36. The Morgan fingerprint density at radius 1 is 0.646 bits per heavy atom. The predicted molar refractivity (Wildman–Crippen MR) is 218 cm³/mol. The van der Waals surface area contributed by atoms with E-state index in [1.807, 2.05) is 100 Å². The molecule has 284 valence electrons. The molecule has 0 aromatic carbocycles. The van der Waals surface area contributed by atoms with Crippen LogP contribution < -0.4 is 10.2 Å². The molecule has 3 fully saturated rings. The fourth-order valence-corrected chi connectivity index (χ4v) is 4.55. The molecule has 0 spiro atoms. The second kappa shape index (κ2) is 40.9. The molecule has 1 saturated carbocycles. The van der Waals surface area contributed by atoms with E-state index in [2.05, 4.69) is 81.7 Å². The predicted octanol–water partition coefficient (Wildman–Crippen LogP) is 10.8. The van der Waals surface area contributed by atoms with E-state index in [1.54, 1.807) is 0 Å². The zero-order valence-electron chi connectivity index (χ0n) is 35.1. The first-order valence-electron chi connectivity index (χ1n) is 20.0. The van der Waals surface area contributed by atoms with Gasteiger partial charge < -0.3 is 20.0 Å². The summed E-state index contributed by atoms with van der Waals surface area (Å²) in [5, 5.41) is 3.17. The molecule has 48 heavy (non-hydrogen) atoms. The fraction of sp³-hybridized carbons (Fsp3) is 0.800. The van der Waals surface area contributed by atoms with Crippen LogP contribution in [0, 0.1) is 0 Å². The Balaban J connectivity index is -0.000000268. The largest absolute Gasteiger partial charge is 0.383 e. The quantitative estimate of drug-likeness (QED) is 0.324. The van der Waals surface area contributed by atoms with Gasteiger partial charge in [-0.05, 0) is 98.7 Å². The molecule has 2 aliphatic heterocycles. The minimum absolute atomic E-state index is 0.601. The van der Waals surface area contributed by atoms with Gasteiger partial charge in [0.25, 0.3) is 0 Å². The molecule has 0 bridgehead atoms. The molecule has 1 N–H and O–H groups in total. The Morgan fingerprint density at radius 3 is 1.44 bits per heavy atom. The zero-order chi connectivity index (χ0) is 37.6. The van der Waals surface area contributed by atoms with Crippen molar-refractivity contribution in [2.75, 3.05) is 63.6 Å². The Labute approximate surface area is 301 Å². The number of hydrogen-bond acceptors (Lipinski definition) is 8. The van der Waals surface area contributed by atoms with Crippen LogP contribution in [0.15, 0.2) is 30.9 Å². The summed E-state index contributed by atoms with van der Waals surface area (Å²) < 4.78 is 0. The highest BCUT2D eigenvalue weighted by Gasteiger charge is 2.26. The minimum atomic E-state index is 0.601. The highest BCUT2D eigenvalue weighted by molar-refractivity contribution is 5.37. The van der Waals surface area contributed by atoms with Crippen molar-refractivity contribution in [1.29, 1.82) is 0 Å². The molecule has 1 aliphatic carbocycles. The van der Waals surface area contributed by atoms with Crippen LogP contribution >= 0.6 is 0 Å². The second-order valence-electron chi connectivity index (χ2n) is 10.6. The number of likely N-dealkylation sites (tertiary alicyclic amines) is 2. The molecule has 0 atom stereocenters. The molecule has 0 amide bonds. The third kappa shape index (κ3) is 27.6. The highest BCUT2D eigenvalue weighted by atomic mass is 15.3. The summed E-state index contributed by atoms with van der Waals surface area (Å²) in [6.07, 6.45) is 17.8. The van der Waals surface area contributed by atoms with Crippen LogP contribution in [0.5, 0.6) is 0 Å². The average molecular weight is 677 g/mol. The maximum absolute atomic E-state index is 4.35. The van der Waals surface area contributed by atoms with Crippen molar-refractivity contribution >= 4 is 11.6 Å². The Hall–Kier alpha value is -2.32. The van der Waals surface area contributed by atoms with Crippen molar-refractivity contribution in [1.82, 2.24) is 29.7 Å². The highest BCUT2D eigenvalue weighted by Crippen LogP contribution is 2.37. The van der Waals surface area contributed by atoms with E-state index < -0.39 is 0 Å². The number of anilines is 2. The second-order valence-corrected chi connectivity index (χ2v) is 10.6. The summed E-state index contributed by atoms with van der Waals surface area (Å²) in [5.74, 6) is 2.54. The van der Waals surface area contributed by atoms with Gasteiger partial charge in [0.2, 0.25) is 5.95 Å². The molecule has 0 unspecified atom stereocenters. The standard InChI is InChI=1S/C12H20N4.C9H13N3.C6H13N.C3H8.5C2H6/c1-3-16(12-13-7-4-8-14-12)11-5-9-15(2)10-6-11;1-2-10-8-5-11-9(12-6-8)7-3-4-7;1-7-5-3-2-4-6-7;1-3-2;5*1-2/h4,7-8,11H,3,5-6,9-10H2,1-2H3;5-7,10H,2-4H2,1H3;2-6H2,1H3;3H2,1-2H3;5*1-2H3. The lowest BCUT2D eigenvalue weighted by atomic mass is 10.0. The molecule has 3 aliphatic rings. The molecule has 8 nitrogen and oxygen atoms in total. The Kier molecular flexibility index (Phi) is 44.7. The normalized spacial score (nSPS) is 14.9. The van der Waals surface area contributed by atoms with Crippen LogP contribution in [0.4, 0.5) is 11.6 Å². The lowest BCUT2D eigenvalue weighted by Crippen LogP contribution is -2.44. The molecule has 8 heteroatoms. The maximum Gasteiger partial charge on any atom is 0.225 e. The van der Waals surface area contributed by atoms with Gasteiger partial charge in [0.05, 0.1) is 18.1 Å². The summed E-state index contributed by atoms with van der Waals surface area (Å²) in [5.41, 5.74) is 1.02. The first kappa shape index (κ1) is 52.5.